The molecule has 16 heavy (non-hydrogen) atoms. The van der Waals surface area contributed by atoms with E-state index < -0.39 is 0 Å². The highest BCUT2D eigenvalue weighted by atomic mass is 79.9. The van der Waals surface area contributed by atoms with Crippen molar-refractivity contribution in [2.24, 2.45) is 5.92 Å². The van der Waals surface area contributed by atoms with Gasteiger partial charge in [0.1, 0.15) is 0 Å². The maximum atomic E-state index is 5.42. The van der Waals surface area contributed by atoms with Crippen molar-refractivity contribution in [3.05, 3.63) is 20.8 Å². The molecule has 1 aliphatic rings. The summed E-state index contributed by atoms with van der Waals surface area (Å²) in [5.74, 6) is 0.672. The first-order chi connectivity index (χ1) is 7.66. The molecule has 0 spiro atoms. The zero-order valence-electron chi connectivity index (χ0n) is 9.70. The summed E-state index contributed by atoms with van der Waals surface area (Å²) >= 11 is 5.31. The molecule has 1 aromatic heterocycles. The van der Waals surface area contributed by atoms with Crippen LogP contribution in [-0.2, 0) is 4.74 Å². The van der Waals surface area contributed by atoms with Crippen LogP contribution in [0.1, 0.15) is 31.2 Å². The molecule has 1 aromatic rings. The summed E-state index contributed by atoms with van der Waals surface area (Å²) in [4.78, 5) is 1.39. The first-order valence-corrected chi connectivity index (χ1v) is 7.37. The number of thiophene rings is 1. The molecule has 2 rings (SSSR count). The molecule has 2 nitrogen and oxygen atoms in total. The van der Waals surface area contributed by atoms with E-state index in [-0.39, 0.29) is 0 Å². The predicted molar refractivity (Wildman–Crippen MR) is 72.0 cm³/mol. The zero-order valence-corrected chi connectivity index (χ0v) is 12.1. The van der Waals surface area contributed by atoms with Gasteiger partial charge in [-0.3, -0.25) is 0 Å². The van der Waals surface area contributed by atoms with Gasteiger partial charge in [-0.15, -0.1) is 11.3 Å². The van der Waals surface area contributed by atoms with Gasteiger partial charge in [0.25, 0.3) is 0 Å². The molecule has 3 unspecified atom stereocenters. The van der Waals surface area contributed by atoms with E-state index >= 15 is 0 Å². The van der Waals surface area contributed by atoms with Gasteiger partial charge in [0, 0.05) is 23.6 Å². The minimum atomic E-state index is 0.423. The van der Waals surface area contributed by atoms with Crippen molar-refractivity contribution in [1.82, 2.24) is 5.32 Å². The minimum absolute atomic E-state index is 0.423. The van der Waals surface area contributed by atoms with Gasteiger partial charge in [-0.25, -0.2) is 0 Å². The average Bonchev–Trinajstić information content (AvgIpc) is 2.87. The maximum absolute atomic E-state index is 5.42. The Labute approximate surface area is 110 Å². The van der Waals surface area contributed by atoms with Crippen LogP contribution in [0, 0.1) is 5.92 Å². The van der Waals surface area contributed by atoms with Crippen LogP contribution in [0.3, 0.4) is 0 Å². The van der Waals surface area contributed by atoms with E-state index in [4.69, 9.17) is 4.74 Å². The maximum Gasteiger partial charge on any atom is 0.0701 e. The summed E-state index contributed by atoms with van der Waals surface area (Å²) in [5, 5.41) is 3.66. The second kappa shape index (κ2) is 5.63. The SMILES string of the molecule is CC(NC(C)C1CCOC1)c1ccc(Br)s1. The zero-order chi connectivity index (χ0) is 11.5. The molecule has 2 heterocycles. The van der Waals surface area contributed by atoms with Gasteiger partial charge >= 0.3 is 0 Å². The molecule has 1 saturated heterocycles. The van der Waals surface area contributed by atoms with Crippen LogP contribution in [0.15, 0.2) is 15.9 Å². The Morgan fingerprint density at radius 1 is 1.50 bits per heavy atom. The van der Waals surface area contributed by atoms with E-state index in [9.17, 15) is 0 Å². The van der Waals surface area contributed by atoms with Gasteiger partial charge in [0.05, 0.1) is 10.4 Å². The summed E-state index contributed by atoms with van der Waals surface area (Å²) in [6.07, 6.45) is 1.19. The van der Waals surface area contributed by atoms with Gasteiger partial charge in [-0.05, 0) is 54.2 Å². The van der Waals surface area contributed by atoms with Gasteiger partial charge in [0.15, 0.2) is 0 Å². The van der Waals surface area contributed by atoms with Crippen LogP contribution in [0.2, 0.25) is 0 Å². The summed E-state index contributed by atoms with van der Waals surface area (Å²) in [6, 6.07) is 5.25. The molecule has 0 aliphatic carbocycles. The van der Waals surface area contributed by atoms with Gasteiger partial charge < -0.3 is 10.1 Å². The van der Waals surface area contributed by atoms with Crippen molar-refractivity contribution in [1.29, 1.82) is 0 Å². The third kappa shape index (κ3) is 3.06. The molecule has 0 aromatic carbocycles. The normalized spacial score (nSPS) is 24.6. The number of hydrogen-bond donors (Lipinski definition) is 1. The Kier molecular flexibility index (Phi) is 4.41. The summed E-state index contributed by atoms with van der Waals surface area (Å²) in [5.41, 5.74) is 0. The Morgan fingerprint density at radius 3 is 2.88 bits per heavy atom. The molecule has 3 atom stereocenters. The Hall–Kier alpha value is 0.1000. The number of hydrogen-bond acceptors (Lipinski definition) is 3. The van der Waals surface area contributed by atoms with E-state index in [2.05, 4.69) is 47.2 Å². The predicted octanol–water partition coefficient (Wildman–Crippen LogP) is 3.59. The number of rotatable bonds is 4. The van der Waals surface area contributed by atoms with Crippen LogP contribution in [-0.4, -0.2) is 19.3 Å². The fraction of sp³-hybridized carbons (Fsp3) is 0.667. The number of ether oxygens (including phenoxy) is 1. The van der Waals surface area contributed by atoms with Crippen LogP contribution < -0.4 is 5.32 Å². The number of nitrogens with one attached hydrogen (secondary N) is 1. The van der Waals surface area contributed by atoms with Crippen molar-refractivity contribution in [2.45, 2.75) is 32.4 Å². The van der Waals surface area contributed by atoms with Crippen LogP contribution in [0.4, 0.5) is 0 Å². The Morgan fingerprint density at radius 2 is 2.31 bits per heavy atom. The smallest absolute Gasteiger partial charge is 0.0701 e. The lowest BCUT2D eigenvalue weighted by molar-refractivity contribution is 0.177. The molecule has 1 fully saturated rings. The molecule has 90 valence electrons. The third-order valence-electron chi connectivity index (χ3n) is 3.21. The van der Waals surface area contributed by atoms with Crippen LogP contribution >= 0.6 is 27.3 Å². The molecule has 0 radical (unpaired) electrons. The summed E-state index contributed by atoms with van der Waals surface area (Å²) in [6.45, 7) is 6.33. The first-order valence-electron chi connectivity index (χ1n) is 5.76. The van der Waals surface area contributed by atoms with E-state index in [0.29, 0.717) is 18.0 Å². The standard InChI is InChI=1S/C12H18BrNOS/c1-8(10-5-6-15-7-10)14-9(2)11-3-4-12(13)16-11/h3-4,8-10,14H,5-7H2,1-2H3. The average molecular weight is 304 g/mol. The third-order valence-corrected chi connectivity index (χ3v) is 5.01. The Bertz CT molecular complexity index is 336. The molecule has 4 heteroatoms. The van der Waals surface area contributed by atoms with Crippen LogP contribution in [0.5, 0.6) is 0 Å². The van der Waals surface area contributed by atoms with Crippen molar-refractivity contribution < 1.29 is 4.74 Å². The van der Waals surface area contributed by atoms with E-state index in [1.54, 1.807) is 11.3 Å². The molecular weight excluding hydrogens is 286 g/mol. The highest BCUT2D eigenvalue weighted by molar-refractivity contribution is 9.11. The van der Waals surface area contributed by atoms with Gasteiger partial charge in [-0.1, -0.05) is 0 Å². The lowest BCUT2D eigenvalue weighted by Gasteiger charge is -2.23. The highest BCUT2D eigenvalue weighted by Crippen LogP contribution is 2.28. The summed E-state index contributed by atoms with van der Waals surface area (Å²) in [7, 11) is 0. The van der Waals surface area contributed by atoms with E-state index in [1.165, 1.54) is 15.1 Å². The molecule has 0 amide bonds. The van der Waals surface area contributed by atoms with Crippen molar-refractivity contribution in [3.8, 4) is 0 Å². The van der Waals surface area contributed by atoms with Crippen molar-refractivity contribution in [2.75, 3.05) is 13.2 Å². The largest absolute Gasteiger partial charge is 0.381 e. The molecule has 0 bridgehead atoms. The van der Waals surface area contributed by atoms with E-state index in [0.717, 1.165) is 13.2 Å². The van der Waals surface area contributed by atoms with Gasteiger partial charge in [-0.2, -0.15) is 0 Å². The van der Waals surface area contributed by atoms with Gasteiger partial charge in [0.2, 0.25) is 0 Å². The van der Waals surface area contributed by atoms with Crippen molar-refractivity contribution >= 4 is 27.3 Å². The van der Waals surface area contributed by atoms with Crippen LogP contribution in [0.25, 0.3) is 0 Å². The van der Waals surface area contributed by atoms with E-state index in [1.807, 2.05) is 0 Å². The molecule has 1 N–H and O–H groups in total. The lowest BCUT2D eigenvalue weighted by Crippen LogP contribution is -2.35. The Balaban J connectivity index is 1.88. The fourth-order valence-electron chi connectivity index (χ4n) is 2.12. The lowest BCUT2D eigenvalue weighted by atomic mass is 10.00. The van der Waals surface area contributed by atoms with Crippen molar-refractivity contribution in [3.63, 3.8) is 0 Å². The first kappa shape index (κ1) is 12.6. The molecule has 1 aliphatic heterocycles. The molecule has 0 saturated carbocycles. The monoisotopic (exact) mass is 303 g/mol. The second-order valence-corrected chi connectivity index (χ2v) is 6.94. The topological polar surface area (TPSA) is 21.3 Å². The quantitative estimate of drug-likeness (QED) is 0.918. The summed E-state index contributed by atoms with van der Waals surface area (Å²) < 4.78 is 6.63. The number of halogens is 1. The molecular formula is C12H18BrNOS. The fourth-order valence-corrected chi connectivity index (χ4v) is 3.56. The highest BCUT2D eigenvalue weighted by Gasteiger charge is 2.23. The second-order valence-electron chi connectivity index (χ2n) is 4.44. The minimum Gasteiger partial charge on any atom is -0.381 e.